The second-order valence-corrected chi connectivity index (χ2v) is 5.98. The molecule has 0 atom stereocenters. The van der Waals surface area contributed by atoms with Crippen LogP contribution in [0.2, 0.25) is 0 Å². The van der Waals surface area contributed by atoms with Crippen molar-refractivity contribution < 1.29 is 4.79 Å². The molecule has 0 aliphatic carbocycles. The fourth-order valence-electron chi connectivity index (χ4n) is 2.98. The number of nitriles is 1. The Balaban J connectivity index is 1.63. The number of nitrogens with zero attached hydrogens (tertiary/aromatic N) is 1. The third-order valence-electron chi connectivity index (χ3n) is 4.29. The summed E-state index contributed by atoms with van der Waals surface area (Å²) >= 11 is 0. The van der Waals surface area contributed by atoms with Crippen molar-refractivity contribution in [3.8, 4) is 6.07 Å². The van der Waals surface area contributed by atoms with Gasteiger partial charge in [-0.25, -0.2) is 0 Å². The van der Waals surface area contributed by atoms with E-state index in [2.05, 4.69) is 10.3 Å². The van der Waals surface area contributed by atoms with E-state index in [4.69, 9.17) is 0 Å². The van der Waals surface area contributed by atoms with E-state index in [1.807, 2.05) is 72.8 Å². The first kappa shape index (κ1) is 15.7. The van der Waals surface area contributed by atoms with Crippen molar-refractivity contribution in [2.45, 2.75) is 0 Å². The highest BCUT2D eigenvalue weighted by atomic mass is 16.1. The Bertz CT molecular complexity index is 1190. The zero-order valence-electron chi connectivity index (χ0n) is 13.9. The van der Waals surface area contributed by atoms with Crippen molar-refractivity contribution in [2.24, 2.45) is 0 Å². The lowest BCUT2D eigenvalue weighted by molar-refractivity contribution is -0.112. The van der Waals surface area contributed by atoms with Gasteiger partial charge in [-0.2, -0.15) is 5.26 Å². The Morgan fingerprint density at radius 1 is 1.00 bits per heavy atom. The van der Waals surface area contributed by atoms with E-state index in [1.54, 1.807) is 12.3 Å². The van der Waals surface area contributed by atoms with Crippen molar-refractivity contribution >= 4 is 39.3 Å². The van der Waals surface area contributed by atoms with Gasteiger partial charge in [-0.15, -0.1) is 0 Å². The van der Waals surface area contributed by atoms with Crippen molar-refractivity contribution in [2.75, 3.05) is 5.32 Å². The maximum absolute atomic E-state index is 12.5. The minimum absolute atomic E-state index is 0.0583. The summed E-state index contributed by atoms with van der Waals surface area (Å²) in [5.41, 5.74) is 2.49. The normalized spacial score (nSPS) is 11.4. The smallest absolute Gasteiger partial charge is 0.266 e. The van der Waals surface area contributed by atoms with Gasteiger partial charge in [0.2, 0.25) is 0 Å². The molecule has 0 bridgehead atoms. The van der Waals surface area contributed by atoms with Crippen molar-refractivity contribution in [3.63, 3.8) is 0 Å². The van der Waals surface area contributed by atoms with E-state index < -0.39 is 5.91 Å². The van der Waals surface area contributed by atoms with Gasteiger partial charge in [0.15, 0.2) is 0 Å². The molecular formula is C22H15N3O. The lowest BCUT2D eigenvalue weighted by Crippen LogP contribution is -2.13. The molecule has 0 aliphatic rings. The number of hydrogen-bond donors (Lipinski definition) is 2. The lowest BCUT2D eigenvalue weighted by Gasteiger charge is -2.06. The maximum atomic E-state index is 12.5. The van der Waals surface area contributed by atoms with Gasteiger partial charge in [-0.3, -0.25) is 4.79 Å². The second-order valence-electron chi connectivity index (χ2n) is 5.98. The molecule has 3 aromatic carbocycles. The third-order valence-corrected chi connectivity index (χ3v) is 4.29. The Labute approximate surface area is 150 Å². The summed E-state index contributed by atoms with van der Waals surface area (Å²) in [4.78, 5) is 15.7. The number of fused-ring (bicyclic) bond motifs is 2. The number of carbonyl (C=O) groups excluding carboxylic acids is 1. The Morgan fingerprint density at radius 2 is 1.77 bits per heavy atom. The summed E-state index contributed by atoms with van der Waals surface area (Å²) in [5.74, 6) is -0.423. The minimum atomic E-state index is -0.423. The average molecular weight is 337 g/mol. The van der Waals surface area contributed by atoms with Crippen LogP contribution in [-0.4, -0.2) is 10.9 Å². The molecular weight excluding hydrogens is 322 g/mol. The van der Waals surface area contributed by atoms with E-state index in [0.717, 1.165) is 27.2 Å². The largest absolute Gasteiger partial charge is 0.361 e. The number of nitrogens with one attached hydrogen (secondary N) is 2. The lowest BCUT2D eigenvalue weighted by atomic mass is 10.1. The number of aromatic nitrogens is 1. The zero-order chi connectivity index (χ0) is 17.9. The van der Waals surface area contributed by atoms with Crippen LogP contribution in [0.1, 0.15) is 5.56 Å². The van der Waals surface area contributed by atoms with Crippen LogP contribution in [0.5, 0.6) is 0 Å². The monoisotopic (exact) mass is 337 g/mol. The molecule has 0 spiro atoms. The van der Waals surface area contributed by atoms with Crippen LogP contribution in [0.15, 0.2) is 78.5 Å². The quantitative estimate of drug-likeness (QED) is 0.414. The third kappa shape index (κ3) is 2.94. The molecule has 1 heterocycles. The summed E-state index contributed by atoms with van der Waals surface area (Å²) in [6.07, 6.45) is 3.40. The summed E-state index contributed by atoms with van der Waals surface area (Å²) in [6.45, 7) is 0. The molecule has 4 aromatic rings. The predicted molar refractivity (Wildman–Crippen MR) is 104 cm³/mol. The molecule has 0 fully saturated rings. The number of anilines is 1. The predicted octanol–water partition coefficient (Wildman–Crippen LogP) is 4.87. The summed E-state index contributed by atoms with van der Waals surface area (Å²) in [6, 6.07) is 23.4. The first-order chi connectivity index (χ1) is 12.7. The summed E-state index contributed by atoms with van der Waals surface area (Å²) in [7, 11) is 0. The number of aromatic amines is 1. The standard InChI is InChI=1S/C22H15N3O/c23-13-17(11-18-14-24-21-8-4-3-7-20(18)21)22(26)25-19-10-9-15-5-1-2-6-16(15)12-19/h1-12,14,24H,(H,25,26)/b17-11+. The van der Waals surface area contributed by atoms with Gasteiger partial charge in [-0.05, 0) is 35.0 Å². The number of carbonyl (C=O) groups is 1. The Kier molecular flexibility index (Phi) is 3.97. The zero-order valence-corrected chi connectivity index (χ0v) is 13.9. The highest BCUT2D eigenvalue weighted by Crippen LogP contribution is 2.22. The van der Waals surface area contributed by atoms with E-state index in [1.165, 1.54) is 0 Å². The van der Waals surface area contributed by atoms with Gasteiger partial charge in [0.1, 0.15) is 11.6 Å². The number of H-pyrrole nitrogens is 1. The van der Waals surface area contributed by atoms with Crippen molar-refractivity contribution in [3.05, 3.63) is 84.1 Å². The molecule has 0 aliphatic heterocycles. The van der Waals surface area contributed by atoms with E-state index in [0.29, 0.717) is 5.69 Å². The van der Waals surface area contributed by atoms with E-state index in [-0.39, 0.29) is 5.57 Å². The Morgan fingerprint density at radius 3 is 2.62 bits per heavy atom. The van der Waals surface area contributed by atoms with Crippen LogP contribution in [0, 0.1) is 11.3 Å². The van der Waals surface area contributed by atoms with Crippen LogP contribution >= 0.6 is 0 Å². The second kappa shape index (κ2) is 6.58. The molecule has 124 valence electrons. The average Bonchev–Trinajstić information content (AvgIpc) is 3.09. The van der Waals surface area contributed by atoms with Gasteiger partial charge in [0, 0.05) is 28.4 Å². The van der Waals surface area contributed by atoms with Crippen molar-refractivity contribution in [1.29, 1.82) is 5.26 Å². The minimum Gasteiger partial charge on any atom is -0.361 e. The molecule has 4 rings (SSSR count). The highest BCUT2D eigenvalue weighted by molar-refractivity contribution is 6.11. The molecule has 26 heavy (non-hydrogen) atoms. The molecule has 0 saturated heterocycles. The number of rotatable bonds is 3. The van der Waals surface area contributed by atoms with Crippen LogP contribution < -0.4 is 5.32 Å². The maximum Gasteiger partial charge on any atom is 0.266 e. The Hall–Kier alpha value is -3.84. The van der Waals surface area contributed by atoms with E-state index >= 15 is 0 Å². The van der Waals surface area contributed by atoms with Gasteiger partial charge in [0.05, 0.1) is 0 Å². The van der Waals surface area contributed by atoms with Gasteiger partial charge < -0.3 is 10.3 Å². The topological polar surface area (TPSA) is 68.7 Å². The summed E-state index contributed by atoms with van der Waals surface area (Å²) in [5, 5.41) is 15.3. The molecule has 2 N–H and O–H groups in total. The first-order valence-corrected chi connectivity index (χ1v) is 8.23. The molecule has 4 heteroatoms. The SMILES string of the molecule is N#C/C(=C\c1c[nH]c2ccccc12)C(=O)Nc1ccc2ccccc2c1. The van der Waals surface area contributed by atoms with Gasteiger partial charge in [-0.1, -0.05) is 48.5 Å². The van der Waals surface area contributed by atoms with Crippen LogP contribution in [0.4, 0.5) is 5.69 Å². The molecule has 0 saturated carbocycles. The highest BCUT2D eigenvalue weighted by Gasteiger charge is 2.11. The fraction of sp³-hybridized carbons (Fsp3) is 0. The number of para-hydroxylation sites is 1. The van der Waals surface area contributed by atoms with Crippen LogP contribution in [-0.2, 0) is 4.79 Å². The number of amides is 1. The van der Waals surface area contributed by atoms with Gasteiger partial charge >= 0.3 is 0 Å². The fourth-order valence-corrected chi connectivity index (χ4v) is 2.98. The molecule has 0 radical (unpaired) electrons. The first-order valence-electron chi connectivity index (χ1n) is 8.23. The molecule has 1 amide bonds. The number of benzene rings is 3. The van der Waals surface area contributed by atoms with Gasteiger partial charge in [0.25, 0.3) is 5.91 Å². The molecule has 4 nitrogen and oxygen atoms in total. The van der Waals surface area contributed by atoms with Crippen molar-refractivity contribution in [1.82, 2.24) is 4.98 Å². The molecule has 1 aromatic heterocycles. The van der Waals surface area contributed by atoms with Crippen LogP contribution in [0.25, 0.3) is 27.8 Å². The summed E-state index contributed by atoms with van der Waals surface area (Å²) < 4.78 is 0. The van der Waals surface area contributed by atoms with E-state index in [9.17, 15) is 10.1 Å². The molecule has 0 unspecified atom stereocenters. The number of hydrogen-bond acceptors (Lipinski definition) is 2. The van der Waals surface area contributed by atoms with Crippen LogP contribution in [0.3, 0.4) is 0 Å².